The molecule has 0 aliphatic carbocycles. The monoisotopic (exact) mass is 987 g/mol. The van der Waals surface area contributed by atoms with Crippen molar-refractivity contribution in [1.29, 1.82) is 0 Å². The molecule has 0 amide bonds. The van der Waals surface area contributed by atoms with Crippen molar-refractivity contribution in [3.05, 3.63) is 12.2 Å². The van der Waals surface area contributed by atoms with Gasteiger partial charge in [-0.1, -0.05) is 309 Å². The van der Waals surface area contributed by atoms with E-state index < -0.39 is 6.10 Å². The third-order valence-electron chi connectivity index (χ3n) is 14.5. The van der Waals surface area contributed by atoms with Crippen molar-refractivity contribution in [2.45, 2.75) is 367 Å². The fourth-order valence-electron chi connectivity index (χ4n) is 9.74. The summed E-state index contributed by atoms with van der Waals surface area (Å²) in [5, 5.41) is 0. The summed E-state index contributed by atoms with van der Waals surface area (Å²) in [5.41, 5.74) is 0. The van der Waals surface area contributed by atoms with Gasteiger partial charge in [-0.05, 0) is 44.9 Å². The zero-order valence-corrected chi connectivity index (χ0v) is 47.6. The highest BCUT2D eigenvalue weighted by atomic mass is 16.6. The van der Waals surface area contributed by atoms with Gasteiger partial charge in [-0.25, -0.2) is 0 Å². The second-order valence-electron chi connectivity index (χ2n) is 21.7. The first kappa shape index (κ1) is 68.2. The second kappa shape index (κ2) is 59.7. The highest BCUT2D eigenvalue weighted by molar-refractivity contribution is 5.71. The molecule has 0 N–H and O–H groups in total. The van der Waals surface area contributed by atoms with Gasteiger partial charge in [0.2, 0.25) is 0 Å². The molecule has 6 nitrogen and oxygen atoms in total. The van der Waals surface area contributed by atoms with Gasteiger partial charge in [0.15, 0.2) is 6.10 Å². The Kier molecular flexibility index (Phi) is 58.1. The number of carbonyl (C=O) groups is 3. The summed E-state index contributed by atoms with van der Waals surface area (Å²) < 4.78 is 16.9. The first-order valence-corrected chi connectivity index (χ1v) is 31.7. The van der Waals surface area contributed by atoms with E-state index in [0.29, 0.717) is 19.3 Å². The Labute approximate surface area is 437 Å². The number of ether oxygens (including phenoxy) is 3. The number of hydrogen-bond donors (Lipinski definition) is 0. The molecular weight excluding hydrogens is 865 g/mol. The lowest BCUT2D eigenvalue weighted by Crippen LogP contribution is -2.30. The third-order valence-corrected chi connectivity index (χ3v) is 14.5. The number of rotatable bonds is 59. The van der Waals surface area contributed by atoms with Crippen molar-refractivity contribution in [3.8, 4) is 0 Å². The number of carbonyl (C=O) groups excluding carboxylic acids is 3. The lowest BCUT2D eigenvalue weighted by Gasteiger charge is -2.18. The predicted octanol–water partition coefficient (Wildman–Crippen LogP) is 21.3. The summed E-state index contributed by atoms with van der Waals surface area (Å²) >= 11 is 0. The zero-order chi connectivity index (χ0) is 50.7. The topological polar surface area (TPSA) is 78.9 Å². The molecule has 0 bridgehead atoms. The number of esters is 3. The van der Waals surface area contributed by atoms with Gasteiger partial charge in [0.05, 0.1) is 0 Å². The molecule has 0 aromatic rings. The van der Waals surface area contributed by atoms with Gasteiger partial charge in [0.25, 0.3) is 0 Å². The molecule has 0 radical (unpaired) electrons. The van der Waals surface area contributed by atoms with Crippen molar-refractivity contribution in [2.75, 3.05) is 13.2 Å². The third kappa shape index (κ3) is 57.1. The number of unbranched alkanes of at least 4 members (excludes halogenated alkanes) is 46. The molecule has 0 spiro atoms. The van der Waals surface area contributed by atoms with Gasteiger partial charge >= 0.3 is 17.9 Å². The number of hydrogen-bond acceptors (Lipinski definition) is 6. The van der Waals surface area contributed by atoms with E-state index in [1.807, 2.05) is 0 Å². The largest absolute Gasteiger partial charge is 0.462 e. The van der Waals surface area contributed by atoms with Crippen LogP contribution in [0.3, 0.4) is 0 Å². The van der Waals surface area contributed by atoms with Crippen LogP contribution in [0.25, 0.3) is 0 Å². The van der Waals surface area contributed by atoms with E-state index in [1.165, 1.54) is 263 Å². The quantitative estimate of drug-likeness (QED) is 0.0261. The second-order valence-corrected chi connectivity index (χ2v) is 21.7. The Hall–Kier alpha value is -1.85. The van der Waals surface area contributed by atoms with Gasteiger partial charge in [0, 0.05) is 19.3 Å². The van der Waals surface area contributed by atoms with Crippen LogP contribution >= 0.6 is 0 Å². The van der Waals surface area contributed by atoms with Crippen LogP contribution in [0, 0.1) is 0 Å². The Morgan fingerprint density at radius 1 is 0.271 bits per heavy atom. The minimum Gasteiger partial charge on any atom is -0.462 e. The molecule has 0 aliphatic rings. The van der Waals surface area contributed by atoms with E-state index in [-0.39, 0.29) is 31.1 Å². The minimum atomic E-state index is -0.765. The molecule has 0 rings (SSSR count). The maximum Gasteiger partial charge on any atom is 0.306 e. The molecule has 70 heavy (non-hydrogen) atoms. The average molecular weight is 988 g/mol. The zero-order valence-electron chi connectivity index (χ0n) is 47.6. The van der Waals surface area contributed by atoms with Gasteiger partial charge < -0.3 is 14.2 Å². The van der Waals surface area contributed by atoms with Crippen molar-refractivity contribution < 1.29 is 28.6 Å². The van der Waals surface area contributed by atoms with Crippen LogP contribution in [0.4, 0.5) is 0 Å². The molecular formula is C64H122O6. The molecule has 0 heterocycles. The molecule has 0 aromatic heterocycles. The van der Waals surface area contributed by atoms with Gasteiger partial charge in [-0.3, -0.25) is 14.4 Å². The Morgan fingerprint density at radius 3 is 0.714 bits per heavy atom. The summed E-state index contributed by atoms with van der Waals surface area (Å²) in [6.07, 6.45) is 69.3. The van der Waals surface area contributed by atoms with E-state index in [9.17, 15) is 14.4 Å². The van der Waals surface area contributed by atoms with Crippen LogP contribution in [0.15, 0.2) is 12.2 Å². The maximum atomic E-state index is 12.9. The first-order chi connectivity index (χ1) is 34.5. The lowest BCUT2D eigenvalue weighted by atomic mass is 10.0. The summed E-state index contributed by atoms with van der Waals surface area (Å²) in [5.74, 6) is -0.835. The SMILES string of the molecule is CCCCCCCC/C=C\CCCCCCCCCCCCCC(=O)OC[C@H](COC(=O)CCCCCCCCCCCCCC)OC(=O)CCCCCCCCCCCCCCCCCCCCC. The standard InChI is InChI=1S/C64H122O6/c1-4-7-10-13-16-19-22-25-27-29-31-32-34-35-37-39-42-45-48-51-54-57-63(66)69-60-61(59-68-62(65)56-53-50-47-44-41-24-21-18-15-12-9-6-3)70-64(67)58-55-52-49-46-43-40-38-36-33-30-28-26-23-20-17-14-11-8-5-2/h25,27,61H,4-24,26,28-60H2,1-3H3/b27-25-/t61-/m0/s1. The fraction of sp³-hybridized carbons (Fsp3) is 0.922. The van der Waals surface area contributed by atoms with Crippen LogP contribution in [-0.2, 0) is 28.6 Å². The molecule has 0 aliphatic heterocycles. The molecule has 0 saturated carbocycles. The summed E-state index contributed by atoms with van der Waals surface area (Å²) in [6, 6.07) is 0. The maximum absolute atomic E-state index is 12.9. The lowest BCUT2D eigenvalue weighted by molar-refractivity contribution is -0.167. The highest BCUT2D eigenvalue weighted by Crippen LogP contribution is 2.18. The van der Waals surface area contributed by atoms with Crippen LogP contribution in [0.1, 0.15) is 361 Å². The van der Waals surface area contributed by atoms with Crippen molar-refractivity contribution in [2.24, 2.45) is 0 Å². The molecule has 0 fully saturated rings. The van der Waals surface area contributed by atoms with E-state index in [1.54, 1.807) is 0 Å². The molecule has 0 aromatic carbocycles. The van der Waals surface area contributed by atoms with Gasteiger partial charge in [-0.2, -0.15) is 0 Å². The smallest absolute Gasteiger partial charge is 0.306 e. The average Bonchev–Trinajstić information content (AvgIpc) is 3.36. The predicted molar refractivity (Wildman–Crippen MR) is 303 cm³/mol. The molecule has 0 unspecified atom stereocenters. The van der Waals surface area contributed by atoms with E-state index in [2.05, 4.69) is 32.9 Å². The normalized spacial score (nSPS) is 12.0. The minimum absolute atomic E-state index is 0.0635. The van der Waals surface area contributed by atoms with E-state index >= 15 is 0 Å². The van der Waals surface area contributed by atoms with Crippen LogP contribution < -0.4 is 0 Å². The van der Waals surface area contributed by atoms with Gasteiger partial charge in [0.1, 0.15) is 13.2 Å². The fourth-order valence-corrected chi connectivity index (χ4v) is 9.74. The van der Waals surface area contributed by atoms with Crippen molar-refractivity contribution in [3.63, 3.8) is 0 Å². The summed E-state index contributed by atoms with van der Waals surface area (Å²) in [4.78, 5) is 38.2. The Balaban J connectivity index is 4.24. The molecule has 414 valence electrons. The Bertz CT molecular complexity index is 1090. The van der Waals surface area contributed by atoms with E-state index in [0.717, 1.165) is 57.8 Å². The summed E-state index contributed by atoms with van der Waals surface area (Å²) in [7, 11) is 0. The van der Waals surface area contributed by atoms with Crippen molar-refractivity contribution in [1.82, 2.24) is 0 Å². The van der Waals surface area contributed by atoms with Gasteiger partial charge in [-0.15, -0.1) is 0 Å². The molecule has 6 heteroatoms. The highest BCUT2D eigenvalue weighted by Gasteiger charge is 2.19. The van der Waals surface area contributed by atoms with E-state index in [4.69, 9.17) is 14.2 Å². The summed E-state index contributed by atoms with van der Waals surface area (Å²) in [6.45, 7) is 6.70. The first-order valence-electron chi connectivity index (χ1n) is 31.7. The van der Waals surface area contributed by atoms with Crippen molar-refractivity contribution >= 4 is 17.9 Å². The number of allylic oxidation sites excluding steroid dienone is 2. The molecule has 0 saturated heterocycles. The van der Waals surface area contributed by atoms with Crippen LogP contribution in [-0.4, -0.2) is 37.2 Å². The van der Waals surface area contributed by atoms with Crippen LogP contribution in [0.5, 0.6) is 0 Å². The molecule has 1 atom stereocenters. The van der Waals surface area contributed by atoms with Crippen LogP contribution in [0.2, 0.25) is 0 Å². The Morgan fingerprint density at radius 2 is 0.471 bits per heavy atom.